The van der Waals surface area contributed by atoms with Gasteiger partial charge in [0.25, 0.3) is 0 Å². The largest absolute Gasteiger partial charge is 0.747 e. The standard InChI is InChI=1S/C21H19O3P/c1-15(2)20-19(24-25(22)23)14-13-18(16-9-5-3-6-10-16)21(20)17-11-7-4-8-12-17/h3-15H,1-2H3/p+1. The molecular formula is C21H20O3P+. The highest BCUT2D eigenvalue weighted by Crippen LogP contribution is 2.44. The third-order valence-corrected chi connectivity index (χ3v) is 4.46. The van der Waals surface area contributed by atoms with Gasteiger partial charge in [0.2, 0.25) is 0 Å². The van der Waals surface area contributed by atoms with Crippen molar-refractivity contribution in [2.24, 2.45) is 0 Å². The smallest absolute Gasteiger partial charge is 0.229 e. The van der Waals surface area contributed by atoms with Crippen LogP contribution in [0.1, 0.15) is 25.3 Å². The van der Waals surface area contributed by atoms with E-state index in [1.54, 1.807) is 6.07 Å². The molecule has 0 aromatic heterocycles. The van der Waals surface area contributed by atoms with Crippen LogP contribution in [0.5, 0.6) is 5.75 Å². The Morgan fingerprint density at radius 3 is 1.92 bits per heavy atom. The second-order valence-corrected chi connectivity index (χ2v) is 6.77. The van der Waals surface area contributed by atoms with Crippen LogP contribution in [0.3, 0.4) is 0 Å². The predicted octanol–water partition coefficient (Wildman–Crippen LogP) is 6.17. The minimum atomic E-state index is -2.71. The Morgan fingerprint density at radius 2 is 1.40 bits per heavy atom. The van der Waals surface area contributed by atoms with Gasteiger partial charge in [-0.1, -0.05) is 74.5 Å². The van der Waals surface area contributed by atoms with Crippen LogP contribution in [0.15, 0.2) is 72.8 Å². The van der Waals surface area contributed by atoms with Crippen LogP contribution in [0.4, 0.5) is 0 Å². The van der Waals surface area contributed by atoms with E-state index in [9.17, 15) is 9.46 Å². The van der Waals surface area contributed by atoms with E-state index in [2.05, 4.69) is 38.1 Å². The second-order valence-electron chi connectivity index (χ2n) is 6.12. The third kappa shape index (κ3) is 3.79. The fourth-order valence-electron chi connectivity index (χ4n) is 3.11. The first-order valence-electron chi connectivity index (χ1n) is 8.19. The zero-order valence-electron chi connectivity index (χ0n) is 14.2. The van der Waals surface area contributed by atoms with E-state index in [0.717, 1.165) is 27.8 Å². The zero-order valence-corrected chi connectivity index (χ0v) is 15.1. The second kappa shape index (κ2) is 7.60. The van der Waals surface area contributed by atoms with Gasteiger partial charge < -0.3 is 0 Å². The summed E-state index contributed by atoms with van der Waals surface area (Å²) in [5, 5.41) is 0. The van der Waals surface area contributed by atoms with Crippen molar-refractivity contribution >= 4 is 8.25 Å². The summed E-state index contributed by atoms with van der Waals surface area (Å²) in [5.41, 5.74) is 5.21. The molecule has 3 rings (SSSR count). The van der Waals surface area contributed by atoms with Gasteiger partial charge in [0.15, 0.2) is 5.75 Å². The summed E-state index contributed by atoms with van der Waals surface area (Å²) >= 11 is 0. The average Bonchev–Trinajstić information content (AvgIpc) is 2.62. The van der Waals surface area contributed by atoms with Gasteiger partial charge in [-0.15, -0.1) is 4.89 Å². The van der Waals surface area contributed by atoms with Crippen LogP contribution in [0.2, 0.25) is 0 Å². The molecule has 0 aliphatic heterocycles. The molecule has 1 atom stereocenters. The molecule has 0 fully saturated rings. The lowest BCUT2D eigenvalue weighted by molar-refractivity contribution is 0.408. The lowest BCUT2D eigenvalue weighted by Crippen LogP contribution is -1.99. The van der Waals surface area contributed by atoms with Gasteiger partial charge in [-0.3, -0.25) is 0 Å². The molecule has 126 valence electrons. The molecule has 0 saturated heterocycles. The van der Waals surface area contributed by atoms with E-state index in [1.807, 2.05) is 42.5 Å². The van der Waals surface area contributed by atoms with Crippen molar-refractivity contribution in [3.05, 3.63) is 78.4 Å². The van der Waals surface area contributed by atoms with Gasteiger partial charge in [-0.2, -0.15) is 0 Å². The van der Waals surface area contributed by atoms with E-state index >= 15 is 0 Å². The predicted molar refractivity (Wildman–Crippen MR) is 102 cm³/mol. The van der Waals surface area contributed by atoms with Gasteiger partial charge in [-0.25, -0.2) is 4.52 Å². The summed E-state index contributed by atoms with van der Waals surface area (Å²) in [5.74, 6) is 0.584. The Balaban J connectivity index is 2.33. The fraction of sp³-hybridized carbons (Fsp3) is 0.143. The summed E-state index contributed by atoms with van der Waals surface area (Å²) in [7, 11) is -2.71. The molecule has 0 amide bonds. The first kappa shape index (κ1) is 17.3. The van der Waals surface area contributed by atoms with E-state index in [0.29, 0.717) is 5.75 Å². The lowest BCUT2D eigenvalue weighted by atomic mass is 9.85. The molecule has 4 heteroatoms. The SMILES string of the molecule is CC(C)c1c(O[P+](=O)O)ccc(-c2ccccc2)c1-c1ccccc1. The van der Waals surface area contributed by atoms with Crippen LogP contribution in [-0.2, 0) is 4.57 Å². The number of benzene rings is 3. The summed E-state index contributed by atoms with van der Waals surface area (Å²) in [6.07, 6.45) is 0. The molecule has 3 nitrogen and oxygen atoms in total. The molecular weight excluding hydrogens is 331 g/mol. The van der Waals surface area contributed by atoms with Gasteiger partial charge in [0.05, 0.1) is 0 Å². The maximum Gasteiger partial charge on any atom is 0.747 e. The normalized spacial score (nSPS) is 11.4. The van der Waals surface area contributed by atoms with Gasteiger partial charge in [-0.05, 0) is 40.3 Å². The van der Waals surface area contributed by atoms with Crippen LogP contribution in [0.25, 0.3) is 22.3 Å². The molecule has 0 aliphatic rings. The highest BCUT2D eigenvalue weighted by atomic mass is 31.1. The molecule has 0 radical (unpaired) electrons. The first-order valence-corrected chi connectivity index (χ1v) is 9.32. The van der Waals surface area contributed by atoms with Crippen LogP contribution in [-0.4, -0.2) is 4.89 Å². The maximum absolute atomic E-state index is 11.3. The van der Waals surface area contributed by atoms with Crippen molar-refractivity contribution in [3.8, 4) is 28.0 Å². The molecule has 0 aliphatic carbocycles. The molecule has 25 heavy (non-hydrogen) atoms. The van der Waals surface area contributed by atoms with Crippen molar-refractivity contribution in [2.45, 2.75) is 19.8 Å². The monoisotopic (exact) mass is 351 g/mol. The number of hydrogen-bond donors (Lipinski definition) is 1. The first-order chi connectivity index (χ1) is 12.1. The van der Waals surface area contributed by atoms with E-state index in [1.165, 1.54) is 0 Å². The number of rotatable bonds is 5. The highest BCUT2D eigenvalue weighted by molar-refractivity contribution is 7.32. The number of hydrogen-bond acceptors (Lipinski definition) is 2. The lowest BCUT2D eigenvalue weighted by Gasteiger charge is -2.19. The zero-order chi connectivity index (χ0) is 17.8. The summed E-state index contributed by atoms with van der Waals surface area (Å²) < 4.78 is 16.5. The summed E-state index contributed by atoms with van der Waals surface area (Å²) in [4.78, 5) is 9.25. The van der Waals surface area contributed by atoms with Gasteiger partial charge >= 0.3 is 8.25 Å². The van der Waals surface area contributed by atoms with Crippen molar-refractivity contribution in [1.82, 2.24) is 0 Å². The topological polar surface area (TPSA) is 46.5 Å². The van der Waals surface area contributed by atoms with Crippen molar-refractivity contribution < 1.29 is 14.0 Å². The Hall–Kier alpha value is -2.48. The molecule has 3 aromatic rings. The summed E-state index contributed by atoms with van der Waals surface area (Å²) in [6.45, 7) is 4.13. The molecule has 0 spiro atoms. The van der Waals surface area contributed by atoms with Crippen LogP contribution in [0, 0.1) is 0 Å². The van der Waals surface area contributed by atoms with Crippen molar-refractivity contribution in [3.63, 3.8) is 0 Å². The van der Waals surface area contributed by atoms with Crippen molar-refractivity contribution in [2.75, 3.05) is 0 Å². The molecule has 1 N–H and O–H groups in total. The summed E-state index contributed by atoms with van der Waals surface area (Å²) in [6, 6.07) is 24.0. The highest BCUT2D eigenvalue weighted by Gasteiger charge is 2.25. The molecule has 0 bridgehead atoms. The van der Waals surface area contributed by atoms with Crippen molar-refractivity contribution in [1.29, 1.82) is 0 Å². The average molecular weight is 351 g/mol. The molecule has 3 aromatic carbocycles. The van der Waals surface area contributed by atoms with Crippen LogP contribution >= 0.6 is 8.25 Å². The maximum atomic E-state index is 11.3. The molecule has 0 saturated carbocycles. The van der Waals surface area contributed by atoms with E-state index in [4.69, 9.17) is 4.52 Å². The van der Waals surface area contributed by atoms with E-state index < -0.39 is 8.25 Å². The fourth-order valence-corrected chi connectivity index (χ4v) is 3.44. The third-order valence-electron chi connectivity index (χ3n) is 4.11. The van der Waals surface area contributed by atoms with Crippen LogP contribution < -0.4 is 4.52 Å². The Labute approximate surface area is 148 Å². The Kier molecular flexibility index (Phi) is 5.28. The molecule has 0 heterocycles. The quantitative estimate of drug-likeness (QED) is 0.559. The minimum Gasteiger partial charge on any atom is -0.229 e. The van der Waals surface area contributed by atoms with E-state index in [-0.39, 0.29) is 5.92 Å². The minimum absolute atomic E-state index is 0.129. The Bertz CT molecular complexity index is 874. The molecule has 1 unspecified atom stereocenters. The van der Waals surface area contributed by atoms with Gasteiger partial charge in [0, 0.05) is 10.1 Å². The van der Waals surface area contributed by atoms with Gasteiger partial charge in [0.1, 0.15) is 0 Å². The Morgan fingerprint density at radius 1 is 0.840 bits per heavy atom.